The van der Waals surface area contributed by atoms with E-state index in [1.807, 2.05) is 6.08 Å². The molecule has 2 aliphatic heterocycles. The molecule has 43 valence electrons. The van der Waals surface area contributed by atoms with Crippen LogP contribution < -0.4 is 0 Å². The van der Waals surface area contributed by atoms with E-state index in [-0.39, 0.29) is 0 Å². The molecule has 0 atom stereocenters. The molecule has 0 amide bonds. The highest BCUT2D eigenvalue weighted by Crippen LogP contribution is 2.13. The molecule has 0 spiro atoms. The quantitative estimate of drug-likeness (QED) is 0.455. The summed E-state index contributed by atoms with van der Waals surface area (Å²) < 4.78 is 0. The highest BCUT2D eigenvalue weighted by molar-refractivity contribution is 6.11. The molecule has 0 saturated heterocycles. The van der Waals surface area contributed by atoms with Crippen LogP contribution in [-0.2, 0) is 0 Å². The van der Waals surface area contributed by atoms with Crippen molar-refractivity contribution in [2.75, 3.05) is 0 Å². The second-order valence-electron chi connectivity index (χ2n) is 1.94. The van der Waals surface area contributed by atoms with Gasteiger partial charge in [0.2, 0.25) is 0 Å². The van der Waals surface area contributed by atoms with Crippen molar-refractivity contribution in [1.82, 2.24) is 0 Å². The van der Waals surface area contributed by atoms with E-state index in [0.717, 1.165) is 17.7 Å². The Bertz CT molecular complexity index is 244. The van der Waals surface area contributed by atoms with Crippen LogP contribution in [-0.4, -0.2) is 11.9 Å². The fourth-order valence-electron chi connectivity index (χ4n) is 0.879. The Morgan fingerprint density at radius 1 is 1.56 bits per heavy atom. The monoisotopic (exact) mass is 117 g/mol. The summed E-state index contributed by atoms with van der Waals surface area (Å²) in [5.74, 6) is 0. The number of fused-ring (bicyclic) bond motifs is 1. The highest BCUT2D eigenvalue weighted by atomic mass is 14.8. The second kappa shape index (κ2) is 1.65. The van der Waals surface area contributed by atoms with Gasteiger partial charge in [0, 0.05) is 24.4 Å². The maximum Gasteiger partial charge on any atom is 0.0682 e. The molecular formula is C7H5N2. The van der Waals surface area contributed by atoms with Crippen LogP contribution in [0.1, 0.15) is 6.42 Å². The summed E-state index contributed by atoms with van der Waals surface area (Å²) in [4.78, 5) is 7.98. The topological polar surface area (TPSA) is 24.7 Å². The molecular weight excluding hydrogens is 112 g/mol. The SMILES string of the molecule is [C]1=NC=C2C=CN=C2C1. The van der Waals surface area contributed by atoms with Gasteiger partial charge in [-0.15, -0.1) is 0 Å². The largest absolute Gasteiger partial charge is 0.260 e. The summed E-state index contributed by atoms with van der Waals surface area (Å²) >= 11 is 0. The van der Waals surface area contributed by atoms with Crippen LogP contribution in [0.15, 0.2) is 34.0 Å². The van der Waals surface area contributed by atoms with Gasteiger partial charge in [-0.1, -0.05) is 0 Å². The molecule has 0 saturated carbocycles. The first-order valence-electron chi connectivity index (χ1n) is 2.83. The van der Waals surface area contributed by atoms with E-state index >= 15 is 0 Å². The van der Waals surface area contributed by atoms with Gasteiger partial charge in [0.15, 0.2) is 0 Å². The molecule has 0 fully saturated rings. The van der Waals surface area contributed by atoms with Crippen molar-refractivity contribution in [3.8, 4) is 0 Å². The van der Waals surface area contributed by atoms with Crippen LogP contribution in [0.3, 0.4) is 0 Å². The molecule has 0 unspecified atom stereocenters. The lowest BCUT2D eigenvalue weighted by Crippen LogP contribution is -2.01. The first-order chi connectivity index (χ1) is 4.47. The molecule has 2 heterocycles. The molecule has 0 aromatic rings. The van der Waals surface area contributed by atoms with Crippen LogP contribution in [0.5, 0.6) is 0 Å². The van der Waals surface area contributed by atoms with Crippen molar-refractivity contribution in [2.45, 2.75) is 6.42 Å². The van der Waals surface area contributed by atoms with Crippen molar-refractivity contribution in [1.29, 1.82) is 0 Å². The van der Waals surface area contributed by atoms with Crippen molar-refractivity contribution >= 4 is 11.9 Å². The molecule has 0 bridgehead atoms. The zero-order chi connectivity index (χ0) is 6.10. The number of aliphatic imine (C=N–C) groups is 2. The van der Waals surface area contributed by atoms with E-state index in [1.165, 1.54) is 0 Å². The third-order valence-electron chi connectivity index (χ3n) is 1.36. The molecule has 0 aliphatic carbocycles. The van der Waals surface area contributed by atoms with Gasteiger partial charge >= 0.3 is 0 Å². The fraction of sp³-hybridized carbons (Fsp3) is 0.143. The normalized spacial score (nSPS) is 21.3. The Hall–Kier alpha value is -1.18. The molecule has 9 heavy (non-hydrogen) atoms. The minimum absolute atomic E-state index is 0.763. The number of hydrogen-bond acceptors (Lipinski definition) is 2. The van der Waals surface area contributed by atoms with Crippen LogP contribution in [0.25, 0.3) is 0 Å². The maximum absolute atomic E-state index is 4.10. The minimum atomic E-state index is 0.763. The highest BCUT2D eigenvalue weighted by Gasteiger charge is 2.08. The van der Waals surface area contributed by atoms with Crippen LogP contribution in [0, 0.1) is 0 Å². The van der Waals surface area contributed by atoms with Crippen LogP contribution in [0.2, 0.25) is 0 Å². The van der Waals surface area contributed by atoms with E-state index in [4.69, 9.17) is 0 Å². The molecule has 2 nitrogen and oxygen atoms in total. The molecule has 0 N–H and O–H groups in total. The first kappa shape index (κ1) is 4.68. The van der Waals surface area contributed by atoms with Crippen LogP contribution in [0.4, 0.5) is 0 Å². The van der Waals surface area contributed by atoms with Crippen molar-refractivity contribution in [3.05, 3.63) is 24.0 Å². The van der Waals surface area contributed by atoms with Gasteiger partial charge < -0.3 is 0 Å². The fourth-order valence-corrected chi connectivity index (χ4v) is 0.879. The van der Waals surface area contributed by atoms with Gasteiger partial charge in [-0.25, -0.2) is 0 Å². The van der Waals surface area contributed by atoms with Crippen molar-refractivity contribution < 1.29 is 0 Å². The van der Waals surface area contributed by atoms with Crippen molar-refractivity contribution in [2.24, 2.45) is 9.98 Å². The van der Waals surface area contributed by atoms with Gasteiger partial charge in [0.05, 0.1) is 11.9 Å². The second-order valence-corrected chi connectivity index (χ2v) is 1.94. The lowest BCUT2D eigenvalue weighted by molar-refractivity contribution is 1.43. The van der Waals surface area contributed by atoms with Gasteiger partial charge in [-0.05, 0) is 6.08 Å². The van der Waals surface area contributed by atoms with E-state index in [9.17, 15) is 0 Å². The Kier molecular flexibility index (Phi) is 0.859. The lowest BCUT2D eigenvalue weighted by atomic mass is 10.1. The van der Waals surface area contributed by atoms with E-state index < -0.39 is 0 Å². The minimum Gasteiger partial charge on any atom is -0.260 e. The standard InChI is InChI=1S/C7H5N2/c1-4-9-7-2-3-8-5-6(1)7/h1,4-5H,2H2. The summed E-state index contributed by atoms with van der Waals surface area (Å²) in [5, 5.41) is 0. The predicted octanol–water partition coefficient (Wildman–Crippen LogP) is 1.19. The van der Waals surface area contributed by atoms with Gasteiger partial charge in [0.1, 0.15) is 0 Å². The molecule has 2 aliphatic rings. The lowest BCUT2D eigenvalue weighted by Gasteiger charge is -1.99. The molecule has 1 radical (unpaired) electrons. The van der Waals surface area contributed by atoms with Gasteiger partial charge in [-0.3, -0.25) is 9.98 Å². The van der Waals surface area contributed by atoms with E-state index in [0.29, 0.717) is 0 Å². The Morgan fingerprint density at radius 3 is 3.44 bits per heavy atom. The first-order valence-corrected chi connectivity index (χ1v) is 2.83. The van der Waals surface area contributed by atoms with E-state index in [1.54, 1.807) is 12.4 Å². The Labute approximate surface area is 53.3 Å². The van der Waals surface area contributed by atoms with Crippen molar-refractivity contribution in [3.63, 3.8) is 0 Å². The number of rotatable bonds is 0. The summed E-state index contributed by atoms with van der Waals surface area (Å²) in [6, 6.07) is 0. The van der Waals surface area contributed by atoms with E-state index in [2.05, 4.69) is 16.2 Å². The number of allylic oxidation sites excluding steroid dienone is 2. The Balaban J connectivity index is 2.46. The zero-order valence-corrected chi connectivity index (χ0v) is 4.83. The Morgan fingerprint density at radius 2 is 2.56 bits per heavy atom. The van der Waals surface area contributed by atoms with Crippen LogP contribution >= 0.6 is 0 Å². The third-order valence-corrected chi connectivity index (χ3v) is 1.36. The maximum atomic E-state index is 4.10. The molecule has 0 aromatic heterocycles. The number of hydrogen-bond donors (Lipinski definition) is 0. The van der Waals surface area contributed by atoms with Gasteiger partial charge in [-0.2, -0.15) is 0 Å². The third kappa shape index (κ3) is 0.633. The predicted molar refractivity (Wildman–Crippen MR) is 36.7 cm³/mol. The summed E-state index contributed by atoms with van der Waals surface area (Å²) in [6.07, 6.45) is 9.13. The zero-order valence-electron chi connectivity index (χ0n) is 4.83. The summed E-state index contributed by atoms with van der Waals surface area (Å²) in [5.41, 5.74) is 2.22. The molecule has 2 rings (SSSR count). The molecule has 2 heteroatoms. The number of nitrogens with zero attached hydrogens (tertiary/aromatic N) is 2. The van der Waals surface area contributed by atoms with Gasteiger partial charge in [0.25, 0.3) is 0 Å². The molecule has 0 aromatic carbocycles. The summed E-state index contributed by atoms with van der Waals surface area (Å²) in [6.45, 7) is 0. The summed E-state index contributed by atoms with van der Waals surface area (Å²) in [7, 11) is 0. The smallest absolute Gasteiger partial charge is 0.0682 e. The average Bonchev–Trinajstić information content (AvgIpc) is 2.33. The average molecular weight is 117 g/mol.